The Morgan fingerprint density at radius 1 is 1.60 bits per heavy atom. The molecule has 0 atom stereocenters. The van der Waals surface area contributed by atoms with Gasteiger partial charge in [0.2, 0.25) is 0 Å². The highest BCUT2D eigenvalue weighted by atomic mass is 79.9. The molecule has 0 aliphatic rings. The van der Waals surface area contributed by atoms with Gasteiger partial charge in [0.1, 0.15) is 4.47 Å². The first-order valence-corrected chi connectivity index (χ1v) is 5.52. The zero-order valence-corrected chi connectivity index (χ0v) is 10.5. The Bertz CT molecular complexity index is 363. The third-order valence-electron chi connectivity index (χ3n) is 1.89. The molecule has 6 heteroatoms. The molecular formula is C9H15BrN4O. The van der Waals surface area contributed by atoms with Gasteiger partial charge in [-0.2, -0.15) is 5.10 Å². The molecule has 0 unspecified atom stereocenters. The predicted octanol–water partition coefficient (Wildman–Crippen LogP) is 0.896. The summed E-state index contributed by atoms with van der Waals surface area (Å²) in [6.45, 7) is 1.84. The average molecular weight is 275 g/mol. The first-order valence-electron chi connectivity index (χ1n) is 4.73. The van der Waals surface area contributed by atoms with Gasteiger partial charge in [0.25, 0.3) is 5.56 Å². The van der Waals surface area contributed by atoms with Gasteiger partial charge in [0.15, 0.2) is 0 Å². The van der Waals surface area contributed by atoms with Crippen LogP contribution in [0.4, 0.5) is 5.69 Å². The van der Waals surface area contributed by atoms with E-state index in [4.69, 9.17) is 0 Å². The number of halogens is 1. The fraction of sp³-hybridized carbons (Fsp3) is 0.556. The Kier molecular flexibility index (Phi) is 4.77. The van der Waals surface area contributed by atoms with Gasteiger partial charge in [-0.1, -0.05) is 0 Å². The van der Waals surface area contributed by atoms with Gasteiger partial charge in [0, 0.05) is 6.54 Å². The van der Waals surface area contributed by atoms with Crippen LogP contribution in [0.5, 0.6) is 0 Å². The van der Waals surface area contributed by atoms with Gasteiger partial charge >= 0.3 is 0 Å². The van der Waals surface area contributed by atoms with E-state index in [0.717, 1.165) is 25.2 Å². The molecule has 1 aromatic heterocycles. The molecule has 0 spiro atoms. The maximum Gasteiger partial charge on any atom is 0.280 e. The minimum atomic E-state index is -0.215. The van der Waals surface area contributed by atoms with E-state index in [2.05, 4.69) is 36.3 Å². The molecule has 1 heterocycles. The van der Waals surface area contributed by atoms with Crippen molar-refractivity contribution in [3.63, 3.8) is 0 Å². The normalized spacial score (nSPS) is 10.7. The van der Waals surface area contributed by atoms with Crippen LogP contribution in [-0.2, 0) is 0 Å². The van der Waals surface area contributed by atoms with E-state index in [1.54, 1.807) is 6.20 Å². The van der Waals surface area contributed by atoms with Crippen molar-refractivity contribution in [2.45, 2.75) is 6.42 Å². The molecule has 0 saturated heterocycles. The van der Waals surface area contributed by atoms with Crippen LogP contribution in [0.15, 0.2) is 15.5 Å². The smallest absolute Gasteiger partial charge is 0.280 e. The molecule has 2 N–H and O–H groups in total. The Morgan fingerprint density at radius 3 is 3.00 bits per heavy atom. The van der Waals surface area contributed by atoms with Crippen LogP contribution in [0, 0.1) is 0 Å². The van der Waals surface area contributed by atoms with Gasteiger partial charge in [-0.25, -0.2) is 5.10 Å². The first-order chi connectivity index (χ1) is 7.11. The number of H-pyrrole nitrogens is 1. The molecule has 0 aliphatic heterocycles. The fourth-order valence-electron chi connectivity index (χ4n) is 1.13. The van der Waals surface area contributed by atoms with Crippen molar-refractivity contribution in [3.8, 4) is 0 Å². The number of aromatic nitrogens is 2. The van der Waals surface area contributed by atoms with Gasteiger partial charge in [0.05, 0.1) is 11.9 Å². The highest BCUT2D eigenvalue weighted by Crippen LogP contribution is 2.14. The van der Waals surface area contributed by atoms with Crippen molar-refractivity contribution < 1.29 is 0 Å². The fourth-order valence-corrected chi connectivity index (χ4v) is 1.46. The molecule has 0 aliphatic carbocycles. The van der Waals surface area contributed by atoms with Gasteiger partial charge in [-0.15, -0.1) is 0 Å². The van der Waals surface area contributed by atoms with Crippen LogP contribution in [0.3, 0.4) is 0 Å². The summed E-state index contributed by atoms with van der Waals surface area (Å²) in [7, 11) is 4.06. The maximum absolute atomic E-state index is 11.2. The van der Waals surface area contributed by atoms with Crippen molar-refractivity contribution in [3.05, 3.63) is 21.0 Å². The number of nitrogens with zero attached hydrogens (tertiary/aromatic N) is 2. The molecule has 0 bridgehead atoms. The molecule has 0 aromatic carbocycles. The van der Waals surface area contributed by atoms with Crippen molar-refractivity contribution in [1.82, 2.24) is 15.1 Å². The summed E-state index contributed by atoms with van der Waals surface area (Å²) < 4.78 is 0.502. The molecule has 15 heavy (non-hydrogen) atoms. The number of rotatable bonds is 5. The largest absolute Gasteiger partial charge is 0.383 e. The summed E-state index contributed by atoms with van der Waals surface area (Å²) in [4.78, 5) is 13.3. The van der Waals surface area contributed by atoms with Gasteiger partial charge in [-0.05, 0) is 43.0 Å². The minimum Gasteiger partial charge on any atom is -0.383 e. The van der Waals surface area contributed by atoms with Crippen LogP contribution >= 0.6 is 15.9 Å². The van der Waals surface area contributed by atoms with Crippen molar-refractivity contribution >= 4 is 21.6 Å². The lowest BCUT2D eigenvalue weighted by molar-refractivity contribution is 0.405. The lowest BCUT2D eigenvalue weighted by Crippen LogP contribution is -2.18. The summed E-state index contributed by atoms with van der Waals surface area (Å²) in [5.41, 5.74) is 0.519. The first kappa shape index (κ1) is 12.2. The van der Waals surface area contributed by atoms with Crippen LogP contribution in [0.2, 0.25) is 0 Å². The molecule has 0 fully saturated rings. The summed E-state index contributed by atoms with van der Waals surface area (Å²) in [5.74, 6) is 0. The molecule has 0 amide bonds. The molecule has 84 valence electrons. The second kappa shape index (κ2) is 5.87. The summed E-state index contributed by atoms with van der Waals surface area (Å²) in [6, 6.07) is 0. The molecular weight excluding hydrogens is 260 g/mol. The lowest BCUT2D eigenvalue weighted by atomic mass is 10.4. The number of hydrogen-bond donors (Lipinski definition) is 2. The Hall–Kier alpha value is -0.880. The summed E-state index contributed by atoms with van der Waals surface area (Å²) >= 11 is 3.20. The van der Waals surface area contributed by atoms with Gasteiger partial charge in [-0.3, -0.25) is 4.79 Å². The Labute approximate surface area is 97.0 Å². The van der Waals surface area contributed by atoms with E-state index in [1.165, 1.54) is 0 Å². The number of hydrogen-bond acceptors (Lipinski definition) is 4. The molecule has 1 aromatic rings. The van der Waals surface area contributed by atoms with Crippen molar-refractivity contribution in [2.24, 2.45) is 0 Å². The second-order valence-electron chi connectivity index (χ2n) is 3.51. The zero-order valence-electron chi connectivity index (χ0n) is 8.88. The van der Waals surface area contributed by atoms with Crippen LogP contribution in [0.25, 0.3) is 0 Å². The highest BCUT2D eigenvalue weighted by Gasteiger charge is 2.02. The number of aromatic amines is 1. The Morgan fingerprint density at radius 2 is 2.33 bits per heavy atom. The predicted molar refractivity (Wildman–Crippen MR) is 64.2 cm³/mol. The molecule has 0 radical (unpaired) electrons. The van der Waals surface area contributed by atoms with Gasteiger partial charge < -0.3 is 10.2 Å². The Balaban J connectivity index is 2.44. The van der Waals surface area contributed by atoms with Crippen molar-refractivity contribution in [1.29, 1.82) is 0 Å². The topological polar surface area (TPSA) is 61.0 Å². The summed E-state index contributed by atoms with van der Waals surface area (Å²) in [6.07, 6.45) is 2.62. The third-order valence-corrected chi connectivity index (χ3v) is 2.68. The lowest BCUT2D eigenvalue weighted by Gasteiger charge is -2.10. The van der Waals surface area contributed by atoms with Crippen LogP contribution < -0.4 is 10.9 Å². The monoisotopic (exact) mass is 274 g/mol. The SMILES string of the molecule is CN(C)CCCNc1cn[nH]c(=O)c1Br. The van der Waals surface area contributed by atoms with E-state index in [1.807, 2.05) is 14.1 Å². The van der Waals surface area contributed by atoms with E-state index in [-0.39, 0.29) is 5.56 Å². The van der Waals surface area contributed by atoms with Crippen LogP contribution in [0.1, 0.15) is 6.42 Å². The quantitative estimate of drug-likeness (QED) is 0.784. The van der Waals surface area contributed by atoms with Crippen LogP contribution in [-0.4, -0.2) is 42.3 Å². The number of nitrogens with one attached hydrogen (secondary N) is 2. The molecule has 0 saturated carbocycles. The average Bonchev–Trinajstić information content (AvgIpc) is 2.18. The molecule has 1 rings (SSSR count). The standard InChI is InChI=1S/C9H15BrN4O/c1-14(2)5-3-4-11-7-6-12-13-9(15)8(7)10/h6H,3-5H2,1-2H3,(H2,11,13,15). The zero-order chi connectivity index (χ0) is 11.3. The molecule has 5 nitrogen and oxygen atoms in total. The second-order valence-corrected chi connectivity index (χ2v) is 4.30. The van der Waals surface area contributed by atoms with E-state index < -0.39 is 0 Å². The maximum atomic E-state index is 11.2. The number of anilines is 1. The van der Waals surface area contributed by atoms with E-state index in [9.17, 15) is 4.79 Å². The van der Waals surface area contributed by atoms with E-state index in [0.29, 0.717) is 4.47 Å². The van der Waals surface area contributed by atoms with E-state index >= 15 is 0 Å². The third kappa shape index (κ3) is 4.01. The van der Waals surface area contributed by atoms with Crippen molar-refractivity contribution in [2.75, 3.05) is 32.5 Å². The summed E-state index contributed by atoms with van der Waals surface area (Å²) in [5, 5.41) is 9.22. The minimum absolute atomic E-state index is 0.215. The highest BCUT2D eigenvalue weighted by molar-refractivity contribution is 9.10.